The first-order chi connectivity index (χ1) is 10.9. The number of carbonyl (C=O) groups is 1. The number of aromatic nitrogens is 2. The molecular formula is C17H26F3N3O. The Bertz CT molecular complexity index is 595. The van der Waals surface area contributed by atoms with E-state index in [2.05, 4.69) is 5.10 Å². The van der Waals surface area contributed by atoms with Crippen molar-refractivity contribution in [3.05, 3.63) is 17.5 Å². The molecular weight excluding hydrogens is 319 g/mol. The summed E-state index contributed by atoms with van der Waals surface area (Å²) in [5, 5.41) is 4.36. The van der Waals surface area contributed by atoms with Gasteiger partial charge in [0.1, 0.15) is 6.54 Å². The number of rotatable bonds is 5. The number of hydrogen-bond acceptors (Lipinski definition) is 2. The van der Waals surface area contributed by atoms with Crippen LogP contribution in [0.5, 0.6) is 0 Å². The van der Waals surface area contributed by atoms with E-state index in [-0.39, 0.29) is 23.7 Å². The Balaban J connectivity index is 2.32. The van der Waals surface area contributed by atoms with Gasteiger partial charge >= 0.3 is 6.18 Å². The molecule has 0 aromatic carbocycles. The van der Waals surface area contributed by atoms with E-state index < -0.39 is 18.6 Å². The summed E-state index contributed by atoms with van der Waals surface area (Å²) in [6.45, 7) is 8.32. The highest BCUT2D eigenvalue weighted by atomic mass is 19.4. The van der Waals surface area contributed by atoms with Crippen molar-refractivity contribution in [3.63, 3.8) is 0 Å². The molecule has 1 aromatic heterocycles. The molecule has 1 saturated carbocycles. The molecule has 1 aliphatic rings. The summed E-state index contributed by atoms with van der Waals surface area (Å²) in [4.78, 5) is 13.5. The second-order valence-corrected chi connectivity index (χ2v) is 8.01. The van der Waals surface area contributed by atoms with Crippen LogP contribution in [0.3, 0.4) is 0 Å². The Morgan fingerprint density at radius 1 is 1.33 bits per heavy atom. The molecule has 0 atom stereocenters. The minimum atomic E-state index is -4.42. The van der Waals surface area contributed by atoms with Crippen LogP contribution in [0.15, 0.2) is 6.07 Å². The molecule has 2 rings (SSSR count). The van der Waals surface area contributed by atoms with Crippen molar-refractivity contribution < 1.29 is 18.0 Å². The van der Waals surface area contributed by atoms with Gasteiger partial charge in [-0.05, 0) is 45.6 Å². The fourth-order valence-electron chi connectivity index (χ4n) is 2.75. The van der Waals surface area contributed by atoms with Crippen molar-refractivity contribution in [1.29, 1.82) is 0 Å². The molecule has 0 unspecified atom stereocenters. The maximum absolute atomic E-state index is 12.8. The van der Waals surface area contributed by atoms with Crippen LogP contribution in [-0.2, 0) is 5.54 Å². The molecule has 1 fully saturated rings. The van der Waals surface area contributed by atoms with Crippen molar-refractivity contribution in [3.8, 4) is 0 Å². The summed E-state index contributed by atoms with van der Waals surface area (Å²) in [7, 11) is 0. The predicted octanol–water partition coefficient (Wildman–Crippen LogP) is 4.18. The fourth-order valence-corrected chi connectivity index (χ4v) is 2.75. The van der Waals surface area contributed by atoms with E-state index in [0.717, 1.165) is 23.4 Å². The maximum Gasteiger partial charge on any atom is 0.406 e. The molecule has 4 nitrogen and oxygen atoms in total. The van der Waals surface area contributed by atoms with Crippen LogP contribution in [0, 0.1) is 5.92 Å². The summed E-state index contributed by atoms with van der Waals surface area (Å²) in [6, 6.07) is 1.68. The number of alkyl halides is 3. The number of hydrogen-bond donors (Lipinski definition) is 0. The fraction of sp³-hybridized carbons (Fsp3) is 0.765. The van der Waals surface area contributed by atoms with E-state index in [4.69, 9.17) is 0 Å². The van der Waals surface area contributed by atoms with Gasteiger partial charge in [0, 0.05) is 18.2 Å². The second-order valence-electron chi connectivity index (χ2n) is 8.01. The van der Waals surface area contributed by atoms with Gasteiger partial charge in [-0.2, -0.15) is 18.3 Å². The monoisotopic (exact) mass is 345 g/mol. The van der Waals surface area contributed by atoms with Crippen LogP contribution < -0.4 is 0 Å². The van der Waals surface area contributed by atoms with E-state index in [1.54, 1.807) is 24.6 Å². The number of nitrogens with zero attached hydrogens (tertiary/aromatic N) is 3. The van der Waals surface area contributed by atoms with Crippen LogP contribution in [0.25, 0.3) is 0 Å². The zero-order chi connectivity index (χ0) is 18.3. The first-order valence-corrected chi connectivity index (χ1v) is 8.35. The predicted molar refractivity (Wildman–Crippen MR) is 86.0 cm³/mol. The van der Waals surface area contributed by atoms with Crippen molar-refractivity contribution in [2.45, 2.75) is 65.1 Å². The smallest absolute Gasteiger partial charge is 0.328 e. The van der Waals surface area contributed by atoms with Gasteiger partial charge in [0.15, 0.2) is 5.69 Å². The van der Waals surface area contributed by atoms with Gasteiger partial charge in [0.05, 0.1) is 5.54 Å². The van der Waals surface area contributed by atoms with Gasteiger partial charge in [0.2, 0.25) is 0 Å². The average Bonchev–Trinajstić information content (AvgIpc) is 3.12. The normalized spacial score (nSPS) is 15.9. The number of halogens is 3. The van der Waals surface area contributed by atoms with E-state index in [1.807, 2.05) is 20.8 Å². The number of carbonyl (C=O) groups excluding carboxylic acids is 1. The maximum atomic E-state index is 12.8. The summed E-state index contributed by atoms with van der Waals surface area (Å²) >= 11 is 0. The lowest BCUT2D eigenvalue weighted by molar-refractivity contribution is -0.141. The van der Waals surface area contributed by atoms with Crippen LogP contribution >= 0.6 is 0 Å². The lowest BCUT2D eigenvalue weighted by Crippen LogP contribution is -2.41. The van der Waals surface area contributed by atoms with Crippen molar-refractivity contribution >= 4 is 5.91 Å². The lowest BCUT2D eigenvalue weighted by Gasteiger charge is -2.25. The van der Waals surface area contributed by atoms with Gasteiger partial charge in [-0.25, -0.2) is 0 Å². The van der Waals surface area contributed by atoms with Crippen molar-refractivity contribution in [2.24, 2.45) is 5.92 Å². The Kier molecular flexibility index (Phi) is 5.02. The van der Waals surface area contributed by atoms with E-state index in [9.17, 15) is 18.0 Å². The van der Waals surface area contributed by atoms with E-state index >= 15 is 0 Å². The lowest BCUT2D eigenvalue weighted by atomic mass is 10.1. The molecule has 7 heteroatoms. The summed E-state index contributed by atoms with van der Waals surface area (Å²) in [6.07, 6.45) is -2.35. The minimum Gasteiger partial charge on any atom is -0.328 e. The average molecular weight is 345 g/mol. The third kappa shape index (κ3) is 4.74. The molecule has 0 saturated heterocycles. The van der Waals surface area contributed by atoms with Gasteiger partial charge in [-0.1, -0.05) is 13.8 Å². The minimum absolute atomic E-state index is 0.0519. The Labute approximate surface area is 141 Å². The molecule has 1 aliphatic carbocycles. The van der Waals surface area contributed by atoms with Gasteiger partial charge in [-0.3, -0.25) is 9.48 Å². The Morgan fingerprint density at radius 2 is 1.92 bits per heavy atom. The van der Waals surface area contributed by atoms with Crippen LogP contribution in [0.1, 0.15) is 69.6 Å². The zero-order valence-electron chi connectivity index (χ0n) is 14.9. The molecule has 0 spiro atoms. The molecule has 0 aliphatic heterocycles. The molecule has 0 bridgehead atoms. The molecule has 0 N–H and O–H groups in total. The highest BCUT2D eigenvalue weighted by molar-refractivity contribution is 5.92. The number of amides is 1. The largest absolute Gasteiger partial charge is 0.406 e. The standard InChI is InChI=1S/C17H26F3N3O/c1-11(2)9-22(10-17(18,19)20)15(24)13-8-14(12-6-7-12)23(21-13)16(3,4)5/h8,11-12H,6-7,9-10H2,1-5H3. The Morgan fingerprint density at radius 3 is 2.33 bits per heavy atom. The zero-order valence-corrected chi connectivity index (χ0v) is 14.9. The first-order valence-electron chi connectivity index (χ1n) is 8.35. The topological polar surface area (TPSA) is 38.1 Å². The molecule has 1 aromatic rings. The highest BCUT2D eigenvalue weighted by Crippen LogP contribution is 2.41. The van der Waals surface area contributed by atoms with Crippen LogP contribution in [0.2, 0.25) is 0 Å². The van der Waals surface area contributed by atoms with Crippen molar-refractivity contribution in [2.75, 3.05) is 13.1 Å². The highest BCUT2D eigenvalue weighted by Gasteiger charge is 2.36. The molecule has 1 heterocycles. The molecule has 1 amide bonds. The second kappa shape index (κ2) is 6.41. The van der Waals surface area contributed by atoms with Crippen LogP contribution in [-0.4, -0.2) is 39.9 Å². The third-order valence-electron chi connectivity index (χ3n) is 3.83. The van der Waals surface area contributed by atoms with Crippen molar-refractivity contribution in [1.82, 2.24) is 14.7 Å². The SMILES string of the molecule is CC(C)CN(CC(F)(F)F)C(=O)c1cc(C2CC2)n(C(C)(C)C)n1. The molecule has 0 radical (unpaired) electrons. The summed E-state index contributed by atoms with van der Waals surface area (Å²) in [5.74, 6) is -0.339. The van der Waals surface area contributed by atoms with E-state index in [0.29, 0.717) is 5.92 Å². The van der Waals surface area contributed by atoms with Gasteiger partial charge in [-0.15, -0.1) is 0 Å². The van der Waals surface area contributed by atoms with Crippen LogP contribution in [0.4, 0.5) is 13.2 Å². The van der Waals surface area contributed by atoms with E-state index in [1.165, 1.54) is 0 Å². The first kappa shape index (κ1) is 18.8. The summed E-state index contributed by atoms with van der Waals surface area (Å²) < 4.78 is 40.3. The molecule has 24 heavy (non-hydrogen) atoms. The quantitative estimate of drug-likeness (QED) is 0.803. The Hall–Kier alpha value is -1.53. The molecule has 136 valence electrons. The third-order valence-corrected chi connectivity index (χ3v) is 3.83. The van der Waals surface area contributed by atoms with Gasteiger partial charge < -0.3 is 4.90 Å². The van der Waals surface area contributed by atoms with Gasteiger partial charge in [0.25, 0.3) is 5.91 Å². The summed E-state index contributed by atoms with van der Waals surface area (Å²) in [5.41, 5.74) is 0.739.